The van der Waals surface area contributed by atoms with Crippen LogP contribution in [0.3, 0.4) is 0 Å². The van der Waals surface area contributed by atoms with E-state index in [2.05, 4.69) is 10.2 Å². The number of rotatable bonds is 5. The van der Waals surface area contributed by atoms with E-state index in [1.807, 2.05) is 24.0 Å². The number of piperazine rings is 1. The summed E-state index contributed by atoms with van der Waals surface area (Å²) < 4.78 is 0. The van der Waals surface area contributed by atoms with Gasteiger partial charge in [-0.25, -0.2) is 0 Å². The summed E-state index contributed by atoms with van der Waals surface area (Å²) >= 11 is 0. The van der Waals surface area contributed by atoms with E-state index >= 15 is 0 Å². The number of nitro groups is 1. The summed E-state index contributed by atoms with van der Waals surface area (Å²) in [4.78, 5) is 39.1. The summed E-state index contributed by atoms with van der Waals surface area (Å²) in [6.07, 6.45) is 0.489. The Hall–Kier alpha value is -3.42. The van der Waals surface area contributed by atoms with Gasteiger partial charge in [0.25, 0.3) is 11.6 Å². The largest absolute Gasteiger partial charge is 0.366 e. The highest BCUT2D eigenvalue weighted by Gasteiger charge is 2.24. The van der Waals surface area contributed by atoms with Crippen LogP contribution >= 0.6 is 0 Å². The predicted octanol–water partition coefficient (Wildman–Crippen LogP) is 2.91. The van der Waals surface area contributed by atoms with Gasteiger partial charge < -0.3 is 15.1 Å². The van der Waals surface area contributed by atoms with Crippen molar-refractivity contribution in [3.8, 4) is 0 Å². The van der Waals surface area contributed by atoms with Gasteiger partial charge >= 0.3 is 0 Å². The molecule has 0 aromatic heterocycles. The van der Waals surface area contributed by atoms with E-state index in [0.717, 1.165) is 5.69 Å². The zero-order chi connectivity index (χ0) is 20.1. The van der Waals surface area contributed by atoms with E-state index in [1.165, 1.54) is 18.2 Å². The molecule has 28 heavy (non-hydrogen) atoms. The second-order valence-electron chi connectivity index (χ2n) is 6.47. The molecule has 1 heterocycles. The lowest BCUT2D eigenvalue weighted by Gasteiger charge is -2.36. The molecule has 2 amide bonds. The van der Waals surface area contributed by atoms with Gasteiger partial charge in [-0.05, 0) is 18.2 Å². The number of nitrogens with one attached hydrogen (secondary N) is 1. The monoisotopic (exact) mass is 382 g/mol. The van der Waals surface area contributed by atoms with Gasteiger partial charge in [-0.2, -0.15) is 0 Å². The third kappa shape index (κ3) is 4.11. The van der Waals surface area contributed by atoms with E-state index in [1.54, 1.807) is 18.2 Å². The van der Waals surface area contributed by atoms with Crippen LogP contribution < -0.4 is 10.2 Å². The van der Waals surface area contributed by atoms with Crippen molar-refractivity contribution in [2.75, 3.05) is 36.4 Å². The third-order valence-corrected chi connectivity index (χ3v) is 4.77. The van der Waals surface area contributed by atoms with E-state index < -0.39 is 10.8 Å². The van der Waals surface area contributed by atoms with Crippen LogP contribution in [-0.2, 0) is 4.79 Å². The van der Waals surface area contributed by atoms with E-state index in [4.69, 9.17) is 0 Å². The summed E-state index contributed by atoms with van der Waals surface area (Å²) in [5, 5.41) is 14.0. The molecule has 8 heteroatoms. The number of para-hydroxylation sites is 3. The van der Waals surface area contributed by atoms with Gasteiger partial charge in [-0.3, -0.25) is 19.7 Å². The fourth-order valence-electron chi connectivity index (χ4n) is 3.29. The Labute approximate surface area is 162 Å². The fourth-order valence-corrected chi connectivity index (χ4v) is 3.29. The summed E-state index contributed by atoms with van der Waals surface area (Å²) in [5.74, 6) is -0.392. The minimum Gasteiger partial charge on any atom is -0.366 e. The molecule has 8 nitrogen and oxygen atoms in total. The quantitative estimate of drug-likeness (QED) is 0.634. The van der Waals surface area contributed by atoms with Crippen LogP contribution in [0.4, 0.5) is 17.1 Å². The predicted molar refractivity (Wildman–Crippen MR) is 107 cm³/mol. The first-order valence-electron chi connectivity index (χ1n) is 9.17. The molecule has 1 aliphatic heterocycles. The number of carbonyl (C=O) groups is 2. The minimum absolute atomic E-state index is 0.0145. The molecule has 1 saturated heterocycles. The van der Waals surface area contributed by atoms with Crippen LogP contribution in [0.25, 0.3) is 0 Å². The molecule has 146 valence electrons. The lowest BCUT2D eigenvalue weighted by Crippen LogP contribution is -2.48. The number of benzene rings is 2. The lowest BCUT2D eigenvalue weighted by atomic mass is 10.1. The van der Waals surface area contributed by atoms with Crippen LogP contribution in [0.15, 0.2) is 48.5 Å². The SMILES string of the molecule is CCC(=O)N1CCN(c2ccccc2NC(=O)c2ccccc2[N+](=O)[O-])CC1. The van der Waals surface area contributed by atoms with Crippen molar-refractivity contribution in [2.24, 2.45) is 0 Å². The fraction of sp³-hybridized carbons (Fsp3) is 0.300. The molecule has 1 aliphatic rings. The highest BCUT2D eigenvalue weighted by molar-refractivity contribution is 6.08. The number of nitro benzene ring substituents is 1. The van der Waals surface area contributed by atoms with Crippen LogP contribution in [0.2, 0.25) is 0 Å². The summed E-state index contributed by atoms with van der Waals surface area (Å²) in [6, 6.07) is 13.2. The van der Waals surface area contributed by atoms with Gasteiger partial charge in [0, 0.05) is 38.7 Å². The summed E-state index contributed by atoms with van der Waals surface area (Å²) in [6.45, 7) is 4.41. The molecule has 0 spiro atoms. The Morgan fingerprint density at radius 2 is 1.68 bits per heavy atom. The molecule has 0 unspecified atom stereocenters. The van der Waals surface area contributed by atoms with Crippen molar-refractivity contribution in [3.63, 3.8) is 0 Å². The molecule has 0 atom stereocenters. The maximum atomic E-state index is 12.7. The first kappa shape index (κ1) is 19.3. The molecule has 1 fully saturated rings. The number of anilines is 2. The van der Waals surface area contributed by atoms with Gasteiger partial charge in [0.05, 0.1) is 16.3 Å². The Bertz CT molecular complexity index is 891. The highest BCUT2D eigenvalue weighted by Crippen LogP contribution is 2.28. The molecule has 0 radical (unpaired) electrons. The smallest absolute Gasteiger partial charge is 0.282 e. The zero-order valence-corrected chi connectivity index (χ0v) is 15.6. The molecule has 0 saturated carbocycles. The Morgan fingerprint density at radius 3 is 2.36 bits per heavy atom. The van der Waals surface area contributed by atoms with Crippen LogP contribution in [-0.4, -0.2) is 47.8 Å². The van der Waals surface area contributed by atoms with Crippen molar-refractivity contribution >= 4 is 28.9 Å². The Kier molecular flexibility index (Phi) is 5.88. The van der Waals surface area contributed by atoms with Gasteiger partial charge in [-0.15, -0.1) is 0 Å². The maximum absolute atomic E-state index is 12.7. The molecule has 3 rings (SSSR count). The van der Waals surface area contributed by atoms with Crippen LogP contribution in [0.1, 0.15) is 23.7 Å². The standard InChI is InChI=1S/C20H22N4O4/c1-2-19(25)23-13-11-22(12-14-23)18-10-6-4-8-16(18)21-20(26)15-7-3-5-9-17(15)24(27)28/h3-10H,2,11-14H2,1H3,(H,21,26). The summed E-state index contributed by atoms with van der Waals surface area (Å²) in [7, 11) is 0. The van der Waals surface area contributed by atoms with Crippen molar-refractivity contribution in [3.05, 3.63) is 64.2 Å². The first-order chi connectivity index (χ1) is 13.5. The van der Waals surface area contributed by atoms with Crippen molar-refractivity contribution in [1.29, 1.82) is 0 Å². The number of nitrogens with zero attached hydrogens (tertiary/aromatic N) is 3. The second-order valence-corrected chi connectivity index (χ2v) is 6.47. The minimum atomic E-state index is -0.565. The molecular formula is C20H22N4O4. The molecule has 0 bridgehead atoms. The normalized spacial score (nSPS) is 13.9. The van der Waals surface area contributed by atoms with Gasteiger partial charge in [0.15, 0.2) is 0 Å². The summed E-state index contributed by atoms with van der Waals surface area (Å²) in [5.41, 5.74) is 1.20. The lowest BCUT2D eigenvalue weighted by molar-refractivity contribution is -0.385. The molecule has 2 aromatic carbocycles. The Balaban J connectivity index is 1.78. The second kappa shape index (κ2) is 8.51. The van der Waals surface area contributed by atoms with E-state index in [-0.39, 0.29) is 17.2 Å². The number of amides is 2. The molecule has 1 N–H and O–H groups in total. The van der Waals surface area contributed by atoms with Crippen LogP contribution in [0, 0.1) is 10.1 Å². The highest BCUT2D eigenvalue weighted by atomic mass is 16.6. The van der Waals surface area contributed by atoms with Gasteiger partial charge in [-0.1, -0.05) is 31.2 Å². The number of carbonyl (C=O) groups excluding carboxylic acids is 2. The Morgan fingerprint density at radius 1 is 1.04 bits per heavy atom. The molecule has 0 aliphatic carbocycles. The van der Waals surface area contributed by atoms with Gasteiger partial charge in [0.1, 0.15) is 5.56 Å². The average Bonchev–Trinajstić information content (AvgIpc) is 2.73. The average molecular weight is 382 g/mol. The third-order valence-electron chi connectivity index (χ3n) is 4.77. The van der Waals surface area contributed by atoms with Crippen LogP contribution in [0.5, 0.6) is 0 Å². The number of hydrogen-bond acceptors (Lipinski definition) is 5. The van der Waals surface area contributed by atoms with Crippen molar-refractivity contribution in [2.45, 2.75) is 13.3 Å². The molecular weight excluding hydrogens is 360 g/mol. The topological polar surface area (TPSA) is 95.8 Å². The van der Waals surface area contributed by atoms with Gasteiger partial charge in [0.2, 0.25) is 5.91 Å². The first-order valence-corrected chi connectivity index (χ1v) is 9.17. The van der Waals surface area contributed by atoms with E-state index in [9.17, 15) is 19.7 Å². The molecule has 2 aromatic rings. The van der Waals surface area contributed by atoms with Crippen molar-refractivity contribution < 1.29 is 14.5 Å². The van der Waals surface area contributed by atoms with Crippen molar-refractivity contribution in [1.82, 2.24) is 4.90 Å². The van der Waals surface area contributed by atoms with E-state index in [0.29, 0.717) is 38.3 Å². The maximum Gasteiger partial charge on any atom is 0.282 e. The number of hydrogen-bond donors (Lipinski definition) is 1. The zero-order valence-electron chi connectivity index (χ0n) is 15.6.